The quantitative estimate of drug-likeness (QED) is 0.254. The van der Waals surface area contributed by atoms with Gasteiger partial charge in [0.1, 0.15) is 32.2 Å². The largest absolute Gasteiger partial charge is 0.353 e. The SMILES string of the molecule is CC(C)c1nc(-c2ccc(F)c(NS(=O)(=O)c3cc(F)ccc3F)c2)c(-c2ccnc(NCCS(C)(=O)=O)n2)s1. The summed E-state index contributed by atoms with van der Waals surface area (Å²) in [6, 6.07) is 7.21. The molecule has 0 aliphatic heterocycles. The second-order valence-electron chi connectivity index (χ2n) is 9.08. The zero-order valence-corrected chi connectivity index (χ0v) is 23.9. The van der Waals surface area contributed by atoms with Gasteiger partial charge in [0.2, 0.25) is 5.95 Å². The molecule has 0 saturated heterocycles. The van der Waals surface area contributed by atoms with Crippen LogP contribution in [0.1, 0.15) is 24.8 Å². The van der Waals surface area contributed by atoms with Crippen molar-refractivity contribution in [2.24, 2.45) is 0 Å². The maximum Gasteiger partial charge on any atom is 0.265 e. The van der Waals surface area contributed by atoms with Gasteiger partial charge in [-0.1, -0.05) is 13.8 Å². The summed E-state index contributed by atoms with van der Waals surface area (Å²) in [5, 5.41) is 3.59. The maximum absolute atomic E-state index is 14.7. The fourth-order valence-corrected chi connectivity index (χ4v) is 6.19. The van der Waals surface area contributed by atoms with Crippen molar-refractivity contribution in [3.63, 3.8) is 0 Å². The first-order valence-corrected chi connectivity index (χ1v) is 16.1. The van der Waals surface area contributed by atoms with Crippen LogP contribution in [0.25, 0.3) is 21.8 Å². The van der Waals surface area contributed by atoms with E-state index in [9.17, 15) is 30.0 Å². The van der Waals surface area contributed by atoms with Crippen molar-refractivity contribution in [2.45, 2.75) is 24.7 Å². The van der Waals surface area contributed by atoms with Gasteiger partial charge in [0.15, 0.2) is 0 Å². The topological polar surface area (TPSA) is 131 Å². The van der Waals surface area contributed by atoms with Crippen molar-refractivity contribution in [1.29, 1.82) is 0 Å². The standard InChI is InChI=1S/C25H24F3N5O4S3/c1-14(2)24-32-22(23(38-24)19-8-9-29-25(31-19)30-10-11-39(3,34)35)15-4-6-17(27)20(12-15)33-40(36,37)21-13-16(26)5-7-18(21)28/h4-9,12-14,33H,10-11H2,1-3H3,(H,29,30,31). The number of nitrogens with zero attached hydrogens (tertiary/aromatic N) is 3. The fraction of sp³-hybridized carbons (Fsp3) is 0.240. The molecule has 0 aliphatic rings. The Kier molecular flexibility index (Phi) is 8.46. The third kappa shape index (κ3) is 6.95. The van der Waals surface area contributed by atoms with E-state index in [-0.39, 0.29) is 24.2 Å². The number of anilines is 2. The molecule has 2 heterocycles. The predicted octanol–water partition coefficient (Wildman–Crippen LogP) is 5.07. The van der Waals surface area contributed by atoms with E-state index in [1.165, 1.54) is 29.7 Å². The highest BCUT2D eigenvalue weighted by Gasteiger charge is 2.24. The van der Waals surface area contributed by atoms with Gasteiger partial charge in [0.05, 0.1) is 32.7 Å². The Bertz CT molecular complexity index is 1780. The molecular formula is C25H24F3N5O4S3. The van der Waals surface area contributed by atoms with Crippen LogP contribution in [0.2, 0.25) is 0 Å². The van der Waals surface area contributed by atoms with Gasteiger partial charge in [-0.3, -0.25) is 4.72 Å². The summed E-state index contributed by atoms with van der Waals surface area (Å²) < 4.78 is 93.0. The van der Waals surface area contributed by atoms with E-state index in [0.717, 1.165) is 23.4 Å². The molecule has 0 atom stereocenters. The average Bonchev–Trinajstić information content (AvgIpc) is 3.32. The Morgan fingerprint density at radius 1 is 0.950 bits per heavy atom. The summed E-state index contributed by atoms with van der Waals surface area (Å²) in [7, 11) is -7.87. The summed E-state index contributed by atoms with van der Waals surface area (Å²) in [5.41, 5.74) is 0.676. The molecular weight excluding hydrogens is 588 g/mol. The number of hydrogen-bond acceptors (Lipinski definition) is 9. The van der Waals surface area contributed by atoms with E-state index in [0.29, 0.717) is 34.0 Å². The minimum Gasteiger partial charge on any atom is -0.353 e. The van der Waals surface area contributed by atoms with Gasteiger partial charge >= 0.3 is 0 Å². The first-order chi connectivity index (χ1) is 18.7. The molecule has 2 aromatic heterocycles. The number of sulfone groups is 1. The van der Waals surface area contributed by atoms with Gasteiger partial charge in [-0.05, 0) is 42.5 Å². The molecule has 0 bridgehead atoms. The first kappa shape index (κ1) is 29.4. The van der Waals surface area contributed by atoms with Crippen molar-refractivity contribution >= 4 is 42.8 Å². The van der Waals surface area contributed by atoms with Gasteiger partial charge in [-0.25, -0.2) is 45.0 Å². The average molecular weight is 612 g/mol. The van der Waals surface area contributed by atoms with Crippen molar-refractivity contribution in [3.8, 4) is 21.8 Å². The van der Waals surface area contributed by atoms with Gasteiger partial charge in [-0.15, -0.1) is 11.3 Å². The van der Waals surface area contributed by atoms with Crippen LogP contribution in [-0.4, -0.2) is 50.3 Å². The summed E-state index contributed by atoms with van der Waals surface area (Å²) >= 11 is 1.33. The highest BCUT2D eigenvalue weighted by molar-refractivity contribution is 7.92. The van der Waals surface area contributed by atoms with Crippen LogP contribution >= 0.6 is 11.3 Å². The fourth-order valence-electron chi connectivity index (χ4n) is 3.51. The Balaban J connectivity index is 1.73. The molecule has 0 spiro atoms. The van der Waals surface area contributed by atoms with E-state index >= 15 is 0 Å². The predicted molar refractivity (Wildman–Crippen MR) is 148 cm³/mol. The summed E-state index contributed by atoms with van der Waals surface area (Å²) in [4.78, 5) is 12.9. The lowest BCUT2D eigenvalue weighted by Crippen LogP contribution is -2.16. The van der Waals surface area contributed by atoms with E-state index in [2.05, 4.69) is 20.3 Å². The second kappa shape index (κ2) is 11.5. The van der Waals surface area contributed by atoms with Crippen LogP contribution in [0.15, 0.2) is 53.6 Å². The molecule has 4 rings (SSSR count). The van der Waals surface area contributed by atoms with E-state index in [1.54, 1.807) is 6.07 Å². The van der Waals surface area contributed by atoms with Crippen LogP contribution in [0.4, 0.5) is 24.8 Å². The highest BCUT2D eigenvalue weighted by atomic mass is 32.2. The molecule has 212 valence electrons. The summed E-state index contributed by atoms with van der Waals surface area (Å²) in [6.45, 7) is 3.97. The number of nitrogens with one attached hydrogen (secondary N) is 2. The van der Waals surface area contributed by atoms with Crippen molar-refractivity contribution in [3.05, 3.63) is 71.1 Å². The second-order valence-corrected chi connectivity index (χ2v) is 14.0. The molecule has 0 fully saturated rings. The third-order valence-corrected chi connectivity index (χ3v) is 9.15. The van der Waals surface area contributed by atoms with E-state index in [4.69, 9.17) is 0 Å². The molecule has 0 unspecified atom stereocenters. The van der Waals surface area contributed by atoms with Crippen LogP contribution in [-0.2, 0) is 19.9 Å². The smallest absolute Gasteiger partial charge is 0.265 e. The van der Waals surface area contributed by atoms with Crippen LogP contribution in [0, 0.1) is 17.5 Å². The van der Waals surface area contributed by atoms with Crippen molar-refractivity contribution < 1.29 is 30.0 Å². The normalized spacial score (nSPS) is 12.1. The summed E-state index contributed by atoms with van der Waals surface area (Å²) in [6.07, 6.45) is 2.61. The van der Waals surface area contributed by atoms with Gasteiger partial charge in [0.25, 0.3) is 10.0 Å². The number of sulfonamides is 1. The number of hydrogen-bond donors (Lipinski definition) is 2. The first-order valence-electron chi connectivity index (χ1n) is 11.8. The van der Waals surface area contributed by atoms with Crippen LogP contribution in [0.5, 0.6) is 0 Å². The van der Waals surface area contributed by atoms with Gasteiger partial charge in [0, 0.05) is 30.5 Å². The molecule has 4 aromatic rings. The monoisotopic (exact) mass is 611 g/mol. The number of rotatable bonds is 10. The van der Waals surface area contributed by atoms with Crippen molar-refractivity contribution in [1.82, 2.24) is 15.0 Å². The molecule has 0 radical (unpaired) electrons. The number of benzene rings is 2. The Labute approximate surface area is 233 Å². The van der Waals surface area contributed by atoms with Gasteiger partial charge in [-0.2, -0.15) is 0 Å². The minimum atomic E-state index is -4.68. The van der Waals surface area contributed by atoms with E-state index in [1.807, 2.05) is 18.6 Å². The molecule has 15 heteroatoms. The summed E-state index contributed by atoms with van der Waals surface area (Å²) in [5.74, 6) is -3.02. The maximum atomic E-state index is 14.7. The zero-order valence-electron chi connectivity index (χ0n) is 21.4. The Morgan fingerprint density at radius 2 is 1.68 bits per heavy atom. The molecule has 9 nitrogen and oxygen atoms in total. The van der Waals surface area contributed by atoms with Crippen molar-refractivity contribution in [2.75, 3.05) is 28.6 Å². The number of aromatic nitrogens is 3. The van der Waals surface area contributed by atoms with Gasteiger partial charge < -0.3 is 5.32 Å². The molecule has 2 aromatic carbocycles. The molecule has 40 heavy (non-hydrogen) atoms. The minimum absolute atomic E-state index is 0.0149. The Hall–Kier alpha value is -3.56. The number of thiazole rings is 1. The Morgan fingerprint density at radius 3 is 2.38 bits per heavy atom. The lowest BCUT2D eigenvalue weighted by Gasteiger charge is -2.12. The molecule has 0 amide bonds. The third-order valence-electron chi connectivity index (χ3n) is 5.45. The van der Waals surface area contributed by atoms with Crippen LogP contribution in [0.3, 0.4) is 0 Å². The lowest BCUT2D eigenvalue weighted by atomic mass is 10.1. The zero-order chi connectivity index (χ0) is 29.2. The highest BCUT2D eigenvalue weighted by Crippen LogP contribution is 2.39. The molecule has 0 saturated carbocycles. The van der Waals surface area contributed by atoms with E-state index < -0.39 is 47.9 Å². The molecule has 2 N–H and O–H groups in total. The number of halogens is 3. The molecule has 0 aliphatic carbocycles. The van der Waals surface area contributed by atoms with Crippen LogP contribution < -0.4 is 10.0 Å². The lowest BCUT2D eigenvalue weighted by molar-refractivity contribution is 0.555.